The molecule has 0 spiro atoms. The average Bonchev–Trinajstić information content (AvgIpc) is 3.00. The molecule has 0 fully saturated rings. The Bertz CT molecular complexity index is 816. The SMILES string of the molecule is COc1ccc(-c2nnc(-c3cc(Cl)cc(Cl)c3Cl)o2)cc1. The van der Waals surface area contributed by atoms with Gasteiger partial charge in [0, 0.05) is 10.6 Å². The molecule has 112 valence electrons. The van der Waals surface area contributed by atoms with E-state index in [-0.39, 0.29) is 5.89 Å². The molecule has 3 aromatic rings. The number of hydrogen-bond acceptors (Lipinski definition) is 4. The molecule has 1 aromatic heterocycles. The summed E-state index contributed by atoms with van der Waals surface area (Å²) in [5.41, 5.74) is 1.26. The fourth-order valence-electron chi connectivity index (χ4n) is 1.89. The van der Waals surface area contributed by atoms with E-state index in [1.54, 1.807) is 19.2 Å². The molecule has 0 aliphatic heterocycles. The highest BCUT2D eigenvalue weighted by Gasteiger charge is 2.16. The Morgan fingerprint density at radius 2 is 1.64 bits per heavy atom. The lowest BCUT2D eigenvalue weighted by atomic mass is 10.2. The van der Waals surface area contributed by atoms with E-state index in [4.69, 9.17) is 44.0 Å². The van der Waals surface area contributed by atoms with E-state index >= 15 is 0 Å². The summed E-state index contributed by atoms with van der Waals surface area (Å²) in [5, 5.41) is 9.10. The summed E-state index contributed by atoms with van der Waals surface area (Å²) in [7, 11) is 1.60. The lowest BCUT2D eigenvalue weighted by Crippen LogP contribution is -1.82. The van der Waals surface area contributed by atoms with Crippen molar-refractivity contribution >= 4 is 34.8 Å². The number of nitrogens with zero attached hydrogens (tertiary/aromatic N) is 2. The number of rotatable bonds is 3. The molecule has 0 aliphatic carbocycles. The Kier molecular flexibility index (Phi) is 4.25. The quantitative estimate of drug-likeness (QED) is 0.592. The van der Waals surface area contributed by atoms with Crippen LogP contribution in [-0.2, 0) is 0 Å². The Morgan fingerprint density at radius 1 is 0.955 bits per heavy atom. The Labute approximate surface area is 141 Å². The first-order valence-corrected chi connectivity index (χ1v) is 7.34. The molecule has 1 heterocycles. The number of hydrogen-bond donors (Lipinski definition) is 0. The summed E-state index contributed by atoms with van der Waals surface area (Å²) < 4.78 is 10.8. The molecule has 0 N–H and O–H groups in total. The van der Waals surface area contributed by atoms with Crippen LogP contribution in [0.1, 0.15) is 0 Å². The van der Waals surface area contributed by atoms with Crippen molar-refractivity contribution in [2.75, 3.05) is 7.11 Å². The first-order chi connectivity index (χ1) is 10.6. The van der Waals surface area contributed by atoms with Gasteiger partial charge in [0.15, 0.2) is 0 Å². The lowest BCUT2D eigenvalue weighted by Gasteiger charge is -2.02. The lowest BCUT2D eigenvalue weighted by molar-refractivity contribution is 0.415. The van der Waals surface area contributed by atoms with Crippen LogP contribution in [0.15, 0.2) is 40.8 Å². The smallest absolute Gasteiger partial charge is 0.249 e. The topological polar surface area (TPSA) is 48.2 Å². The van der Waals surface area contributed by atoms with Gasteiger partial charge in [-0.15, -0.1) is 10.2 Å². The summed E-state index contributed by atoms with van der Waals surface area (Å²) in [6.45, 7) is 0. The van der Waals surface area contributed by atoms with Gasteiger partial charge >= 0.3 is 0 Å². The predicted molar refractivity (Wildman–Crippen MR) is 86.8 cm³/mol. The van der Waals surface area contributed by atoms with Crippen molar-refractivity contribution in [2.45, 2.75) is 0 Å². The molecule has 0 saturated heterocycles. The molecular weight excluding hydrogens is 347 g/mol. The maximum Gasteiger partial charge on any atom is 0.249 e. The van der Waals surface area contributed by atoms with Crippen molar-refractivity contribution in [1.82, 2.24) is 10.2 Å². The van der Waals surface area contributed by atoms with Crippen molar-refractivity contribution in [3.63, 3.8) is 0 Å². The maximum absolute atomic E-state index is 6.16. The van der Waals surface area contributed by atoms with E-state index in [1.807, 2.05) is 24.3 Å². The minimum Gasteiger partial charge on any atom is -0.497 e. The highest BCUT2D eigenvalue weighted by molar-refractivity contribution is 6.44. The van der Waals surface area contributed by atoms with E-state index in [1.165, 1.54) is 0 Å². The van der Waals surface area contributed by atoms with Gasteiger partial charge in [-0.3, -0.25) is 0 Å². The van der Waals surface area contributed by atoms with E-state index in [0.717, 1.165) is 11.3 Å². The standard InChI is InChI=1S/C15H9Cl3N2O2/c1-21-10-4-2-8(3-5-10)14-19-20-15(22-14)11-6-9(16)7-12(17)13(11)18/h2-7H,1H3. The number of methoxy groups -OCH3 is 1. The van der Waals surface area contributed by atoms with Crippen molar-refractivity contribution in [3.05, 3.63) is 51.5 Å². The molecule has 7 heteroatoms. The molecular formula is C15H9Cl3N2O2. The van der Waals surface area contributed by atoms with Gasteiger partial charge in [-0.2, -0.15) is 0 Å². The number of benzene rings is 2. The van der Waals surface area contributed by atoms with Crippen molar-refractivity contribution in [1.29, 1.82) is 0 Å². The molecule has 0 saturated carbocycles. The number of halogens is 3. The van der Waals surface area contributed by atoms with Crippen molar-refractivity contribution in [2.24, 2.45) is 0 Å². The predicted octanol–water partition coefficient (Wildman–Crippen LogP) is 5.37. The van der Waals surface area contributed by atoms with Crippen LogP contribution in [0.5, 0.6) is 5.75 Å². The van der Waals surface area contributed by atoms with Gasteiger partial charge < -0.3 is 9.15 Å². The van der Waals surface area contributed by atoms with E-state index in [2.05, 4.69) is 10.2 Å². The molecule has 0 aliphatic rings. The van der Waals surface area contributed by atoms with Gasteiger partial charge in [-0.05, 0) is 36.4 Å². The van der Waals surface area contributed by atoms with Gasteiger partial charge in [0.1, 0.15) is 5.75 Å². The first-order valence-electron chi connectivity index (χ1n) is 6.21. The van der Waals surface area contributed by atoms with Crippen LogP contribution in [0.4, 0.5) is 0 Å². The highest BCUT2D eigenvalue weighted by Crippen LogP contribution is 2.36. The molecule has 0 unspecified atom stereocenters. The summed E-state index contributed by atoms with van der Waals surface area (Å²) >= 11 is 18.1. The second kappa shape index (κ2) is 6.16. The van der Waals surface area contributed by atoms with Gasteiger partial charge in [-0.1, -0.05) is 34.8 Å². The maximum atomic E-state index is 6.16. The summed E-state index contributed by atoms with van der Waals surface area (Å²) in [6, 6.07) is 10.4. The second-order valence-corrected chi connectivity index (χ2v) is 5.61. The number of ether oxygens (including phenoxy) is 1. The van der Waals surface area contributed by atoms with Crippen LogP contribution in [-0.4, -0.2) is 17.3 Å². The molecule has 0 atom stereocenters. The molecule has 0 radical (unpaired) electrons. The zero-order valence-corrected chi connectivity index (χ0v) is 13.6. The third kappa shape index (κ3) is 2.90. The molecule has 0 amide bonds. The zero-order valence-electron chi connectivity index (χ0n) is 11.3. The Balaban J connectivity index is 2.00. The molecule has 22 heavy (non-hydrogen) atoms. The largest absolute Gasteiger partial charge is 0.497 e. The Morgan fingerprint density at radius 3 is 2.32 bits per heavy atom. The summed E-state index contributed by atoms with van der Waals surface area (Å²) in [6.07, 6.45) is 0. The van der Waals surface area contributed by atoms with Crippen molar-refractivity contribution < 1.29 is 9.15 Å². The Hall–Kier alpha value is -1.75. The van der Waals surface area contributed by atoms with Crippen LogP contribution in [0, 0.1) is 0 Å². The number of aromatic nitrogens is 2. The molecule has 3 rings (SSSR count). The third-order valence-corrected chi connectivity index (χ3v) is 4.01. The van der Waals surface area contributed by atoms with E-state index in [9.17, 15) is 0 Å². The van der Waals surface area contributed by atoms with Crippen LogP contribution < -0.4 is 4.74 Å². The van der Waals surface area contributed by atoms with E-state index in [0.29, 0.717) is 26.5 Å². The minimum atomic E-state index is 0.250. The fourth-order valence-corrected chi connectivity index (χ4v) is 2.58. The normalized spacial score (nSPS) is 10.7. The van der Waals surface area contributed by atoms with Crippen LogP contribution in [0.2, 0.25) is 15.1 Å². The molecule has 2 aromatic carbocycles. The van der Waals surface area contributed by atoms with Crippen LogP contribution in [0.25, 0.3) is 22.9 Å². The second-order valence-electron chi connectivity index (χ2n) is 4.39. The summed E-state index contributed by atoms with van der Waals surface area (Å²) in [4.78, 5) is 0. The van der Waals surface area contributed by atoms with E-state index < -0.39 is 0 Å². The van der Waals surface area contributed by atoms with Gasteiger partial charge in [0.25, 0.3) is 0 Å². The molecule has 0 bridgehead atoms. The zero-order chi connectivity index (χ0) is 15.7. The van der Waals surface area contributed by atoms with Crippen LogP contribution >= 0.6 is 34.8 Å². The summed E-state index contributed by atoms with van der Waals surface area (Å²) in [5.74, 6) is 1.36. The molecule has 4 nitrogen and oxygen atoms in total. The van der Waals surface area contributed by atoms with Gasteiger partial charge in [0.05, 0.1) is 22.7 Å². The first kappa shape index (κ1) is 15.2. The average molecular weight is 356 g/mol. The van der Waals surface area contributed by atoms with Crippen molar-refractivity contribution in [3.8, 4) is 28.7 Å². The fraction of sp³-hybridized carbons (Fsp3) is 0.0667. The minimum absolute atomic E-state index is 0.250. The highest BCUT2D eigenvalue weighted by atomic mass is 35.5. The van der Waals surface area contributed by atoms with Gasteiger partial charge in [0.2, 0.25) is 11.8 Å². The van der Waals surface area contributed by atoms with Gasteiger partial charge in [-0.25, -0.2) is 0 Å². The van der Waals surface area contributed by atoms with Crippen LogP contribution in [0.3, 0.4) is 0 Å². The monoisotopic (exact) mass is 354 g/mol. The third-order valence-electron chi connectivity index (χ3n) is 2.99.